The van der Waals surface area contributed by atoms with Crippen LogP contribution in [0.25, 0.3) is 0 Å². The van der Waals surface area contributed by atoms with E-state index in [4.69, 9.17) is 13.8 Å². The predicted octanol–water partition coefficient (Wildman–Crippen LogP) is 1.28. The van der Waals surface area contributed by atoms with Crippen LogP contribution < -0.4 is 0 Å². The topological polar surface area (TPSA) is 85.2 Å². The van der Waals surface area contributed by atoms with Gasteiger partial charge in [-0.3, -0.25) is 4.57 Å². The van der Waals surface area contributed by atoms with Crippen molar-refractivity contribution in [3.05, 3.63) is 11.8 Å². The Labute approximate surface area is 107 Å². The third-order valence-corrected chi connectivity index (χ3v) is 5.09. The molecule has 0 aliphatic carbocycles. The van der Waals surface area contributed by atoms with E-state index in [-0.39, 0.29) is 25.6 Å². The summed E-state index contributed by atoms with van der Waals surface area (Å²) in [5.74, 6) is 0.266. The molecule has 0 spiro atoms. The van der Waals surface area contributed by atoms with Crippen LogP contribution in [0.15, 0.2) is 11.8 Å². The van der Waals surface area contributed by atoms with Crippen molar-refractivity contribution in [3.63, 3.8) is 0 Å². The van der Waals surface area contributed by atoms with Gasteiger partial charge in [0, 0.05) is 0 Å². The molecule has 0 saturated heterocycles. The van der Waals surface area contributed by atoms with Gasteiger partial charge in [0.25, 0.3) is 0 Å². The van der Waals surface area contributed by atoms with Crippen molar-refractivity contribution in [2.45, 2.75) is 38.6 Å². The van der Waals surface area contributed by atoms with Gasteiger partial charge in [-0.1, -0.05) is 0 Å². The average molecular weight is 280 g/mol. The summed E-state index contributed by atoms with van der Waals surface area (Å²) in [5, 5.41) is 19.2. The number of hydrogen-bond donors (Lipinski definition) is 2. The van der Waals surface area contributed by atoms with E-state index in [1.807, 2.05) is 0 Å². The van der Waals surface area contributed by atoms with Gasteiger partial charge < -0.3 is 24.0 Å². The zero-order valence-electron chi connectivity index (χ0n) is 10.9. The maximum Gasteiger partial charge on any atom is 0.343 e. The molecule has 1 aliphatic heterocycles. The maximum atomic E-state index is 12.6. The molecule has 1 rings (SSSR count). The monoisotopic (exact) mass is 280 g/mol. The lowest BCUT2D eigenvalue weighted by Crippen LogP contribution is -2.28. The van der Waals surface area contributed by atoms with Gasteiger partial charge in [-0.15, -0.1) is 0 Å². The number of aliphatic hydroxyl groups excluding tert-OH is 2. The zero-order valence-corrected chi connectivity index (χ0v) is 11.8. The Bertz CT molecular complexity index is 330. The molecular formula is C11H21O6P. The molecule has 1 aliphatic rings. The van der Waals surface area contributed by atoms with Gasteiger partial charge in [0.1, 0.15) is 24.1 Å². The fourth-order valence-corrected chi connectivity index (χ4v) is 3.98. The SMILES string of the molecule is CCOP(=O)(OCC)C(C1=C[C@@H](O)CO1)C(C)O. The number of ether oxygens (including phenoxy) is 1. The van der Waals surface area contributed by atoms with E-state index < -0.39 is 25.5 Å². The van der Waals surface area contributed by atoms with Crippen LogP contribution in [-0.4, -0.2) is 47.9 Å². The van der Waals surface area contributed by atoms with Crippen molar-refractivity contribution in [2.75, 3.05) is 19.8 Å². The molecule has 0 saturated carbocycles. The summed E-state index contributed by atoms with van der Waals surface area (Å²) < 4.78 is 28.3. The summed E-state index contributed by atoms with van der Waals surface area (Å²) in [6.07, 6.45) is -0.286. The second-order valence-corrected chi connectivity index (χ2v) is 6.16. The highest BCUT2D eigenvalue weighted by atomic mass is 31.2. The molecule has 0 aromatic heterocycles. The molecule has 2 unspecified atom stereocenters. The smallest absolute Gasteiger partial charge is 0.343 e. The van der Waals surface area contributed by atoms with E-state index in [1.165, 1.54) is 13.0 Å². The van der Waals surface area contributed by atoms with Crippen LogP contribution in [0.1, 0.15) is 20.8 Å². The van der Waals surface area contributed by atoms with Crippen LogP contribution in [0.3, 0.4) is 0 Å². The summed E-state index contributed by atoms with van der Waals surface area (Å²) in [6.45, 7) is 5.39. The largest absolute Gasteiger partial charge is 0.494 e. The molecule has 0 amide bonds. The highest BCUT2D eigenvalue weighted by Crippen LogP contribution is 2.57. The molecule has 7 heteroatoms. The second-order valence-electron chi connectivity index (χ2n) is 4.01. The van der Waals surface area contributed by atoms with E-state index in [0.717, 1.165) is 0 Å². The van der Waals surface area contributed by atoms with Gasteiger partial charge in [-0.2, -0.15) is 0 Å². The van der Waals surface area contributed by atoms with Crippen LogP contribution in [0.4, 0.5) is 0 Å². The third kappa shape index (κ3) is 3.56. The fourth-order valence-electron chi connectivity index (χ4n) is 1.87. The Morgan fingerprint density at radius 1 is 1.50 bits per heavy atom. The van der Waals surface area contributed by atoms with Crippen molar-refractivity contribution in [2.24, 2.45) is 0 Å². The lowest BCUT2D eigenvalue weighted by molar-refractivity contribution is 0.106. The Hall–Kier alpha value is -0.390. The van der Waals surface area contributed by atoms with Crippen molar-refractivity contribution < 1.29 is 28.6 Å². The van der Waals surface area contributed by atoms with Gasteiger partial charge in [0.05, 0.1) is 19.3 Å². The minimum absolute atomic E-state index is 0.0941. The van der Waals surface area contributed by atoms with Gasteiger partial charge in [-0.05, 0) is 26.8 Å². The van der Waals surface area contributed by atoms with E-state index in [2.05, 4.69) is 0 Å². The normalized spacial score (nSPS) is 23.4. The molecule has 0 radical (unpaired) electrons. The fraction of sp³-hybridized carbons (Fsp3) is 0.818. The quantitative estimate of drug-likeness (QED) is 0.683. The molecular weight excluding hydrogens is 259 g/mol. The summed E-state index contributed by atoms with van der Waals surface area (Å²) >= 11 is 0. The van der Waals surface area contributed by atoms with Gasteiger partial charge in [-0.25, -0.2) is 0 Å². The second kappa shape index (κ2) is 6.68. The minimum Gasteiger partial charge on any atom is -0.494 e. The van der Waals surface area contributed by atoms with Crippen LogP contribution in [0.5, 0.6) is 0 Å². The Balaban J connectivity index is 3.01. The lowest BCUT2D eigenvalue weighted by atomic mass is 10.2. The van der Waals surface area contributed by atoms with E-state index in [0.29, 0.717) is 0 Å². The van der Waals surface area contributed by atoms with Crippen LogP contribution >= 0.6 is 7.60 Å². The first-order valence-electron chi connectivity index (χ1n) is 6.04. The standard InChI is InChI=1S/C11H21O6P/c1-4-16-18(14,17-5-2)11(8(3)12)10-6-9(13)7-15-10/h6,8-9,11-13H,4-5,7H2,1-3H3/t8?,9-,11?/m1/s1. The molecule has 0 fully saturated rings. The highest BCUT2D eigenvalue weighted by molar-refractivity contribution is 7.55. The van der Waals surface area contributed by atoms with E-state index in [1.54, 1.807) is 13.8 Å². The van der Waals surface area contributed by atoms with Crippen molar-refractivity contribution in [1.29, 1.82) is 0 Å². The minimum atomic E-state index is -3.52. The molecule has 0 aromatic carbocycles. The number of hydrogen-bond acceptors (Lipinski definition) is 6. The molecule has 1 heterocycles. The first-order chi connectivity index (χ1) is 8.44. The summed E-state index contributed by atoms with van der Waals surface area (Å²) in [4.78, 5) is 0. The van der Waals surface area contributed by atoms with Crippen LogP contribution in [0, 0.1) is 0 Å². The van der Waals surface area contributed by atoms with Gasteiger partial charge in [0.2, 0.25) is 0 Å². The zero-order chi connectivity index (χ0) is 13.8. The number of rotatable bonds is 7. The van der Waals surface area contributed by atoms with Crippen molar-refractivity contribution >= 4 is 7.60 Å². The molecule has 0 bridgehead atoms. The summed E-state index contributed by atoms with van der Waals surface area (Å²) in [5.41, 5.74) is -0.908. The van der Waals surface area contributed by atoms with Crippen LogP contribution in [0.2, 0.25) is 0 Å². The third-order valence-electron chi connectivity index (χ3n) is 2.48. The Morgan fingerprint density at radius 2 is 2.06 bits per heavy atom. The van der Waals surface area contributed by atoms with Gasteiger partial charge >= 0.3 is 7.60 Å². The van der Waals surface area contributed by atoms with Crippen LogP contribution in [-0.2, 0) is 18.3 Å². The lowest BCUT2D eigenvalue weighted by Gasteiger charge is -2.28. The molecule has 0 aromatic rings. The summed E-state index contributed by atoms with van der Waals surface area (Å²) in [7, 11) is -3.52. The molecule has 106 valence electrons. The average Bonchev–Trinajstić information content (AvgIpc) is 2.64. The van der Waals surface area contributed by atoms with E-state index in [9.17, 15) is 14.8 Å². The first kappa shape index (κ1) is 15.7. The van der Waals surface area contributed by atoms with E-state index >= 15 is 0 Å². The Kier molecular flexibility index (Phi) is 5.82. The Morgan fingerprint density at radius 3 is 2.39 bits per heavy atom. The molecule has 2 N–H and O–H groups in total. The first-order valence-corrected chi connectivity index (χ1v) is 7.65. The van der Waals surface area contributed by atoms with Crippen molar-refractivity contribution in [1.82, 2.24) is 0 Å². The number of aliphatic hydroxyl groups is 2. The highest BCUT2D eigenvalue weighted by Gasteiger charge is 2.44. The summed E-state index contributed by atoms with van der Waals surface area (Å²) in [6, 6.07) is 0. The van der Waals surface area contributed by atoms with Crippen molar-refractivity contribution in [3.8, 4) is 0 Å². The van der Waals surface area contributed by atoms with Gasteiger partial charge in [0.15, 0.2) is 0 Å². The maximum absolute atomic E-state index is 12.6. The molecule has 3 atom stereocenters. The molecule has 18 heavy (non-hydrogen) atoms. The molecule has 6 nitrogen and oxygen atoms in total. The predicted molar refractivity (Wildman–Crippen MR) is 66.4 cm³/mol.